The summed E-state index contributed by atoms with van der Waals surface area (Å²) in [7, 11) is 0. The number of nitrogens with one attached hydrogen (secondary N) is 2. The number of aromatic amines is 1. The van der Waals surface area contributed by atoms with Gasteiger partial charge in [-0.2, -0.15) is 0 Å². The topological polar surface area (TPSA) is 65.1 Å². The van der Waals surface area contributed by atoms with Crippen LogP contribution in [0.4, 0.5) is 0 Å². The fraction of sp³-hybridized carbons (Fsp3) is 0.357. The summed E-state index contributed by atoms with van der Waals surface area (Å²) in [5, 5.41) is 13.5. The van der Waals surface area contributed by atoms with Crippen LogP contribution in [0.2, 0.25) is 0 Å². The van der Waals surface area contributed by atoms with Gasteiger partial charge in [-0.15, -0.1) is 0 Å². The van der Waals surface area contributed by atoms with Gasteiger partial charge < -0.3 is 15.4 Å². The maximum Gasteiger partial charge on any atom is 0.335 e. The lowest BCUT2D eigenvalue weighted by atomic mass is 9.90. The maximum absolute atomic E-state index is 11.0. The predicted octanol–water partition coefficient (Wildman–Crippen LogP) is 2.33. The van der Waals surface area contributed by atoms with E-state index in [4.69, 9.17) is 5.11 Å². The first-order valence-electron chi connectivity index (χ1n) is 6.31. The number of benzene rings is 1. The van der Waals surface area contributed by atoms with Crippen molar-refractivity contribution in [3.8, 4) is 0 Å². The number of carbonyl (C=O) groups is 1. The number of hydrogen-bond acceptors (Lipinski definition) is 2. The van der Waals surface area contributed by atoms with E-state index >= 15 is 0 Å². The van der Waals surface area contributed by atoms with Crippen LogP contribution in [0.15, 0.2) is 24.4 Å². The number of hydrogen-bond donors (Lipinski definition) is 3. The Balaban J connectivity index is 2.05. The number of carboxylic acids is 1. The molecule has 1 aromatic heterocycles. The highest BCUT2D eigenvalue weighted by Crippen LogP contribution is 2.31. The standard InChI is InChI=1S/C14H16N2O2/c17-14(18)10-1-2-13-11(7-10)12(8-16-13)9-3-5-15-6-4-9/h1-2,7-9,15-16H,3-6H2,(H,17,18). The van der Waals surface area contributed by atoms with Gasteiger partial charge in [0, 0.05) is 17.1 Å². The van der Waals surface area contributed by atoms with Crippen LogP contribution in [-0.4, -0.2) is 29.1 Å². The Bertz CT molecular complexity index is 582. The fourth-order valence-corrected chi connectivity index (χ4v) is 2.75. The Morgan fingerprint density at radius 3 is 2.78 bits per heavy atom. The van der Waals surface area contributed by atoms with E-state index in [1.54, 1.807) is 12.1 Å². The van der Waals surface area contributed by atoms with E-state index in [2.05, 4.69) is 10.3 Å². The molecule has 0 saturated carbocycles. The monoisotopic (exact) mass is 244 g/mol. The van der Waals surface area contributed by atoms with E-state index in [0.717, 1.165) is 36.8 Å². The molecule has 1 fully saturated rings. The van der Waals surface area contributed by atoms with E-state index < -0.39 is 5.97 Å². The third-order valence-electron chi connectivity index (χ3n) is 3.74. The molecule has 3 rings (SSSR count). The summed E-state index contributed by atoms with van der Waals surface area (Å²) >= 11 is 0. The molecule has 2 heterocycles. The Labute approximate surface area is 105 Å². The molecule has 0 spiro atoms. The highest BCUT2D eigenvalue weighted by atomic mass is 16.4. The van der Waals surface area contributed by atoms with Crippen molar-refractivity contribution in [3.63, 3.8) is 0 Å². The predicted molar refractivity (Wildman–Crippen MR) is 70.1 cm³/mol. The molecule has 2 aromatic rings. The molecule has 1 aliphatic rings. The van der Waals surface area contributed by atoms with Crippen LogP contribution in [0.5, 0.6) is 0 Å². The van der Waals surface area contributed by atoms with Gasteiger partial charge in [0.25, 0.3) is 0 Å². The molecule has 0 bridgehead atoms. The Morgan fingerprint density at radius 2 is 2.06 bits per heavy atom. The van der Waals surface area contributed by atoms with Crippen LogP contribution in [0.1, 0.15) is 34.7 Å². The van der Waals surface area contributed by atoms with E-state index in [1.807, 2.05) is 12.3 Å². The van der Waals surface area contributed by atoms with Gasteiger partial charge in [0.15, 0.2) is 0 Å². The van der Waals surface area contributed by atoms with Crippen LogP contribution in [0, 0.1) is 0 Å². The highest BCUT2D eigenvalue weighted by Gasteiger charge is 2.19. The van der Waals surface area contributed by atoms with Gasteiger partial charge in [0.05, 0.1) is 5.56 Å². The third kappa shape index (κ3) is 1.88. The Kier molecular flexibility index (Phi) is 2.80. The maximum atomic E-state index is 11.0. The second-order valence-electron chi connectivity index (χ2n) is 4.83. The molecule has 4 nitrogen and oxygen atoms in total. The SMILES string of the molecule is O=C(O)c1ccc2[nH]cc(C3CCNCC3)c2c1. The molecule has 18 heavy (non-hydrogen) atoms. The van der Waals surface area contributed by atoms with Gasteiger partial charge in [-0.05, 0) is 55.6 Å². The molecule has 1 aromatic carbocycles. The molecule has 3 N–H and O–H groups in total. The van der Waals surface area contributed by atoms with Crippen molar-refractivity contribution in [1.29, 1.82) is 0 Å². The van der Waals surface area contributed by atoms with Crippen molar-refractivity contribution in [2.45, 2.75) is 18.8 Å². The molecule has 4 heteroatoms. The third-order valence-corrected chi connectivity index (χ3v) is 3.74. The smallest absolute Gasteiger partial charge is 0.335 e. The lowest BCUT2D eigenvalue weighted by Gasteiger charge is -2.22. The lowest BCUT2D eigenvalue weighted by Crippen LogP contribution is -2.26. The van der Waals surface area contributed by atoms with E-state index in [9.17, 15) is 4.79 Å². The summed E-state index contributed by atoms with van der Waals surface area (Å²) < 4.78 is 0. The van der Waals surface area contributed by atoms with Crippen molar-refractivity contribution in [2.24, 2.45) is 0 Å². The zero-order chi connectivity index (χ0) is 12.5. The number of aromatic carboxylic acids is 1. The first kappa shape index (κ1) is 11.3. The van der Waals surface area contributed by atoms with E-state index in [-0.39, 0.29) is 0 Å². The van der Waals surface area contributed by atoms with Crippen molar-refractivity contribution in [3.05, 3.63) is 35.5 Å². The van der Waals surface area contributed by atoms with Gasteiger partial charge in [-0.25, -0.2) is 4.79 Å². The number of H-pyrrole nitrogens is 1. The van der Waals surface area contributed by atoms with Crippen LogP contribution >= 0.6 is 0 Å². The zero-order valence-corrected chi connectivity index (χ0v) is 10.1. The Hall–Kier alpha value is -1.81. The fourth-order valence-electron chi connectivity index (χ4n) is 2.75. The minimum absolute atomic E-state index is 0.359. The normalized spacial score (nSPS) is 17.1. The summed E-state index contributed by atoms with van der Waals surface area (Å²) in [6, 6.07) is 5.28. The van der Waals surface area contributed by atoms with Crippen LogP contribution in [-0.2, 0) is 0 Å². The van der Waals surface area contributed by atoms with E-state index in [0.29, 0.717) is 11.5 Å². The molecule has 0 aliphatic carbocycles. The molecule has 0 amide bonds. The van der Waals surface area contributed by atoms with Gasteiger partial charge in [-0.1, -0.05) is 0 Å². The van der Waals surface area contributed by atoms with Crippen molar-refractivity contribution in [1.82, 2.24) is 10.3 Å². The van der Waals surface area contributed by atoms with Crippen LogP contribution in [0.3, 0.4) is 0 Å². The molecular weight excluding hydrogens is 228 g/mol. The first-order chi connectivity index (χ1) is 8.75. The number of rotatable bonds is 2. The molecule has 94 valence electrons. The minimum atomic E-state index is -0.866. The van der Waals surface area contributed by atoms with Gasteiger partial charge in [-0.3, -0.25) is 0 Å². The number of aromatic nitrogens is 1. The van der Waals surface area contributed by atoms with Gasteiger partial charge in [0.1, 0.15) is 0 Å². The molecule has 1 saturated heterocycles. The summed E-state index contributed by atoms with van der Waals surface area (Å²) in [6.45, 7) is 2.08. The van der Waals surface area contributed by atoms with Crippen molar-refractivity contribution in [2.75, 3.05) is 13.1 Å². The average Bonchev–Trinajstić information content (AvgIpc) is 2.82. The second kappa shape index (κ2) is 4.46. The summed E-state index contributed by atoms with van der Waals surface area (Å²) in [5.41, 5.74) is 2.64. The molecule has 0 atom stereocenters. The largest absolute Gasteiger partial charge is 0.478 e. The number of fused-ring (bicyclic) bond motifs is 1. The van der Waals surface area contributed by atoms with Crippen LogP contribution in [0.25, 0.3) is 10.9 Å². The Morgan fingerprint density at radius 1 is 1.28 bits per heavy atom. The first-order valence-corrected chi connectivity index (χ1v) is 6.31. The summed E-state index contributed by atoms with van der Waals surface area (Å²) in [5.74, 6) is -0.335. The van der Waals surface area contributed by atoms with Crippen molar-refractivity contribution < 1.29 is 9.90 Å². The molecule has 0 radical (unpaired) electrons. The number of carboxylic acid groups (broad SMARTS) is 1. The molecular formula is C14H16N2O2. The van der Waals surface area contributed by atoms with Gasteiger partial charge in [0.2, 0.25) is 0 Å². The molecule has 0 unspecified atom stereocenters. The summed E-state index contributed by atoms with van der Waals surface area (Å²) in [4.78, 5) is 14.3. The summed E-state index contributed by atoms with van der Waals surface area (Å²) in [6.07, 6.45) is 4.26. The zero-order valence-electron chi connectivity index (χ0n) is 10.1. The second-order valence-corrected chi connectivity index (χ2v) is 4.83. The van der Waals surface area contributed by atoms with E-state index in [1.165, 1.54) is 5.56 Å². The quantitative estimate of drug-likeness (QED) is 0.759. The number of piperidine rings is 1. The van der Waals surface area contributed by atoms with Crippen LogP contribution < -0.4 is 5.32 Å². The molecule has 1 aliphatic heterocycles. The van der Waals surface area contributed by atoms with Crippen molar-refractivity contribution >= 4 is 16.9 Å². The highest BCUT2D eigenvalue weighted by molar-refractivity contribution is 5.94. The van der Waals surface area contributed by atoms with Gasteiger partial charge >= 0.3 is 5.97 Å². The average molecular weight is 244 g/mol. The lowest BCUT2D eigenvalue weighted by molar-refractivity contribution is 0.0697. The minimum Gasteiger partial charge on any atom is -0.478 e.